The van der Waals surface area contributed by atoms with E-state index >= 15 is 0 Å². The highest BCUT2D eigenvalue weighted by Gasteiger charge is 2.43. The summed E-state index contributed by atoms with van der Waals surface area (Å²) in [6.45, 7) is 4.44. The van der Waals surface area contributed by atoms with Crippen molar-refractivity contribution in [1.29, 1.82) is 0 Å². The monoisotopic (exact) mass is 414 g/mol. The van der Waals surface area contributed by atoms with Crippen molar-refractivity contribution in [1.82, 2.24) is 20.9 Å². The lowest BCUT2D eigenvalue weighted by Gasteiger charge is -2.42. The van der Waals surface area contributed by atoms with E-state index in [1.807, 2.05) is 4.90 Å². The molecule has 0 spiro atoms. The van der Waals surface area contributed by atoms with Gasteiger partial charge in [0.1, 0.15) is 5.54 Å². The Morgan fingerprint density at radius 1 is 1.07 bits per heavy atom. The smallest absolute Gasteiger partial charge is 0.248 e. The standard InChI is InChI=1S/C20H34N4O3.ClH/c1-15(25)23-20(9-3-2-4-10-20)19(27)24-12-6-7-16(14-24)13-22-18(26)17-8-5-11-21-17;/h16-17,21H,2-14H2,1H3,(H,22,26)(H,23,25);1H. The average molecular weight is 415 g/mol. The molecule has 8 heteroatoms. The zero-order chi connectivity index (χ0) is 19.3. The van der Waals surface area contributed by atoms with Gasteiger partial charge in [-0.15, -0.1) is 12.4 Å². The number of halogens is 1. The molecular weight excluding hydrogens is 380 g/mol. The molecule has 2 saturated heterocycles. The van der Waals surface area contributed by atoms with E-state index in [-0.39, 0.29) is 42.1 Å². The molecular formula is C20H35ClN4O3. The van der Waals surface area contributed by atoms with E-state index < -0.39 is 5.54 Å². The molecule has 28 heavy (non-hydrogen) atoms. The second-order valence-corrected chi connectivity index (χ2v) is 8.48. The van der Waals surface area contributed by atoms with E-state index in [4.69, 9.17) is 0 Å². The van der Waals surface area contributed by atoms with Crippen LogP contribution in [0.5, 0.6) is 0 Å². The minimum Gasteiger partial charge on any atom is -0.354 e. The summed E-state index contributed by atoms with van der Waals surface area (Å²) >= 11 is 0. The summed E-state index contributed by atoms with van der Waals surface area (Å²) in [5.74, 6) is 0.310. The number of likely N-dealkylation sites (tertiary alicyclic amines) is 1. The van der Waals surface area contributed by atoms with Crippen molar-refractivity contribution in [2.24, 2.45) is 5.92 Å². The third kappa shape index (κ3) is 5.60. The van der Waals surface area contributed by atoms with E-state index in [1.54, 1.807) is 0 Å². The number of nitrogens with zero attached hydrogens (tertiary/aromatic N) is 1. The van der Waals surface area contributed by atoms with Crippen molar-refractivity contribution in [2.45, 2.75) is 76.3 Å². The van der Waals surface area contributed by atoms with Gasteiger partial charge < -0.3 is 20.9 Å². The highest BCUT2D eigenvalue weighted by Crippen LogP contribution is 2.31. The lowest BCUT2D eigenvalue weighted by atomic mass is 9.79. The number of amides is 3. The molecule has 7 nitrogen and oxygen atoms in total. The van der Waals surface area contributed by atoms with Crippen molar-refractivity contribution in [3.8, 4) is 0 Å². The maximum atomic E-state index is 13.3. The first-order valence-corrected chi connectivity index (χ1v) is 10.6. The third-order valence-corrected chi connectivity index (χ3v) is 6.28. The molecule has 3 fully saturated rings. The van der Waals surface area contributed by atoms with E-state index in [0.717, 1.165) is 70.9 Å². The third-order valence-electron chi connectivity index (χ3n) is 6.28. The summed E-state index contributed by atoms with van der Waals surface area (Å²) in [6.07, 6.45) is 8.47. The fraction of sp³-hybridized carbons (Fsp3) is 0.850. The molecule has 0 aromatic heterocycles. The van der Waals surface area contributed by atoms with Gasteiger partial charge in [-0.3, -0.25) is 14.4 Å². The molecule has 3 aliphatic rings. The first-order chi connectivity index (χ1) is 13.0. The highest BCUT2D eigenvalue weighted by molar-refractivity contribution is 5.91. The fourth-order valence-electron chi connectivity index (χ4n) is 4.88. The average Bonchev–Trinajstić information content (AvgIpc) is 3.21. The van der Waals surface area contributed by atoms with E-state index in [1.165, 1.54) is 6.92 Å². The van der Waals surface area contributed by atoms with Crippen LogP contribution in [0.25, 0.3) is 0 Å². The lowest BCUT2D eigenvalue weighted by molar-refractivity contribution is -0.144. The molecule has 3 N–H and O–H groups in total. The molecule has 2 unspecified atom stereocenters. The molecule has 2 aliphatic heterocycles. The molecule has 2 heterocycles. The van der Waals surface area contributed by atoms with E-state index in [9.17, 15) is 14.4 Å². The molecule has 1 saturated carbocycles. The number of rotatable bonds is 5. The Labute approximate surface area is 174 Å². The number of nitrogens with one attached hydrogen (secondary N) is 3. The van der Waals surface area contributed by atoms with Gasteiger partial charge in [-0.25, -0.2) is 0 Å². The lowest BCUT2D eigenvalue weighted by Crippen LogP contribution is -2.61. The topological polar surface area (TPSA) is 90.5 Å². The largest absolute Gasteiger partial charge is 0.354 e. The Balaban J connectivity index is 0.00000280. The normalized spacial score (nSPS) is 26.8. The minimum atomic E-state index is -0.719. The van der Waals surface area contributed by atoms with Crippen LogP contribution in [0.4, 0.5) is 0 Å². The van der Waals surface area contributed by atoms with Crippen LogP contribution in [0.1, 0.15) is 64.7 Å². The van der Waals surface area contributed by atoms with Crippen LogP contribution in [-0.4, -0.2) is 60.4 Å². The van der Waals surface area contributed by atoms with Crippen LogP contribution >= 0.6 is 12.4 Å². The second kappa shape index (κ2) is 10.4. The van der Waals surface area contributed by atoms with Crippen LogP contribution < -0.4 is 16.0 Å². The predicted molar refractivity (Wildman–Crippen MR) is 110 cm³/mol. The van der Waals surface area contributed by atoms with Crippen LogP contribution in [0.15, 0.2) is 0 Å². The van der Waals surface area contributed by atoms with Crippen LogP contribution in [0, 0.1) is 5.92 Å². The van der Waals surface area contributed by atoms with E-state index in [2.05, 4.69) is 16.0 Å². The van der Waals surface area contributed by atoms with Gasteiger partial charge in [-0.2, -0.15) is 0 Å². The Bertz CT molecular complexity index is 560. The summed E-state index contributed by atoms with van der Waals surface area (Å²) < 4.78 is 0. The van der Waals surface area contributed by atoms with Crippen molar-refractivity contribution in [3.05, 3.63) is 0 Å². The van der Waals surface area contributed by atoms with Crippen molar-refractivity contribution in [3.63, 3.8) is 0 Å². The van der Waals surface area contributed by atoms with Crippen molar-refractivity contribution < 1.29 is 14.4 Å². The van der Waals surface area contributed by atoms with Gasteiger partial charge in [-0.1, -0.05) is 19.3 Å². The molecule has 3 amide bonds. The SMILES string of the molecule is CC(=O)NC1(C(=O)N2CCCC(CNC(=O)C3CCCN3)C2)CCCCC1.Cl. The van der Waals surface area contributed by atoms with Crippen LogP contribution in [0.3, 0.4) is 0 Å². The van der Waals surface area contributed by atoms with E-state index in [0.29, 0.717) is 13.1 Å². The van der Waals surface area contributed by atoms with Crippen molar-refractivity contribution in [2.75, 3.05) is 26.2 Å². The van der Waals surface area contributed by atoms with Gasteiger partial charge in [-0.05, 0) is 51.0 Å². The van der Waals surface area contributed by atoms with Crippen LogP contribution in [0.2, 0.25) is 0 Å². The zero-order valence-electron chi connectivity index (χ0n) is 16.9. The minimum absolute atomic E-state index is 0. The Kier molecular flexibility index (Phi) is 8.56. The Morgan fingerprint density at radius 2 is 1.82 bits per heavy atom. The summed E-state index contributed by atoms with van der Waals surface area (Å²) in [4.78, 5) is 39.2. The van der Waals surface area contributed by atoms with Gasteiger partial charge in [0.25, 0.3) is 0 Å². The van der Waals surface area contributed by atoms with Gasteiger partial charge in [0.05, 0.1) is 6.04 Å². The zero-order valence-corrected chi connectivity index (χ0v) is 17.7. The first-order valence-electron chi connectivity index (χ1n) is 10.6. The van der Waals surface area contributed by atoms with Gasteiger partial charge in [0.2, 0.25) is 17.7 Å². The molecule has 0 aromatic carbocycles. The Hall–Kier alpha value is -1.34. The summed E-state index contributed by atoms with van der Waals surface area (Å²) in [7, 11) is 0. The molecule has 2 atom stereocenters. The van der Waals surface area contributed by atoms with Crippen LogP contribution in [-0.2, 0) is 14.4 Å². The summed E-state index contributed by atoms with van der Waals surface area (Å²) in [5.41, 5.74) is -0.719. The molecule has 1 aliphatic carbocycles. The molecule has 160 valence electrons. The number of carbonyl (C=O) groups is 3. The summed E-state index contributed by atoms with van der Waals surface area (Å²) in [6, 6.07) is -0.0587. The molecule has 0 radical (unpaired) electrons. The molecule has 0 aromatic rings. The first kappa shape index (κ1) is 22.9. The summed E-state index contributed by atoms with van der Waals surface area (Å²) in [5, 5.41) is 9.27. The molecule has 3 rings (SSSR count). The second-order valence-electron chi connectivity index (χ2n) is 8.48. The maximum Gasteiger partial charge on any atom is 0.248 e. The number of hydrogen-bond acceptors (Lipinski definition) is 4. The molecule has 0 bridgehead atoms. The maximum absolute atomic E-state index is 13.3. The van der Waals surface area contributed by atoms with Gasteiger partial charge in [0.15, 0.2) is 0 Å². The number of piperidine rings is 1. The van der Waals surface area contributed by atoms with Gasteiger partial charge in [0, 0.05) is 26.6 Å². The Morgan fingerprint density at radius 3 is 2.46 bits per heavy atom. The predicted octanol–water partition coefficient (Wildman–Crippen LogP) is 1.35. The van der Waals surface area contributed by atoms with Gasteiger partial charge >= 0.3 is 0 Å². The fourth-order valence-corrected chi connectivity index (χ4v) is 4.88. The quantitative estimate of drug-likeness (QED) is 0.633. The number of carbonyl (C=O) groups excluding carboxylic acids is 3. The van der Waals surface area contributed by atoms with Crippen molar-refractivity contribution >= 4 is 30.1 Å². The number of hydrogen-bond donors (Lipinski definition) is 3. The highest BCUT2D eigenvalue weighted by atomic mass is 35.5.